The molecule has 0 aliphatic heterocycles. The van der Waals surface area contributed by atoms with E-state index in [0.717, 1.165) is 4.90 Å². The minimum absolute atomic E-state index is 0.247. The van der Waals surface area contributed by atoms with Crippen molar-refractivity contribution in [2.75, 3.05) is 20.1 Å². The van der Waals surface area contributed by atoms with Gasteiger partial charge >= 0.3 is 6.98 Å². The van der Waals surface area contributed by atoms with Crippen LogP contribution in [0.15, 0.2) is 0 Å². The molecule has 0 saturated carbocycles. The van der Waals surface area contributed by atoms with Crippen molar-refractivity contribution in [2.45, 2.75) is 13.0 Å². The summed E-state index contributed by atoms with van der Waals surface area (Å²) in [4.78, 5) is 1.08. The van der Waals surface area contributed by atoms with E-state index in [4.69, 9.17) is 5.11 Å². The summed E-state index contributed by atoms with van der Waals surface area (Å²) < 4.78 is 35.2. The number of hydrogen-bond donors (Lipinski definition) is 1. The Morgan fingerprint density at radius 3 is 2.18 bits per heavy atom. The summed E-state index contributed by atoms with van der Waals surface area (Å²) in [5.74, 6) is 0. The number of nitrogens with zero attached hydrogens (tertiary/aromatic N) is 1. The molecule has 0 spiro atoms. The van der Waals surface area contributed by atoms with E-state index in [2.05, 4.69) is 0 Å². The monoisotopic (exact) mass is 170 g/mol. The van der Waals surface area contributed by atoms with E-state index in [0.29, 0.717) is 0 Å². The summed E-state index contributed by atoms with van der Waals surface area (Å²) in [6, 6.07) is -0.432. The first-order valence-corrected chi connectivity index (χ1v) is 3.39. The van der Waals surface area contributed by atoms with E-state index in [1.54, 1.807) is 6.92 Å². The number of halogens is 3. The quantitative estimate of drug-likeness (QED) is 0.627. The van der Waals surface area contributed by atoms with Crippen LogP contribution in [0.4, 0.5) is 12.9 Å². The Hall–Kier alpha value is -0.225. The number of likely N-dealkylation sites (N-methyl/N-ethyl adjacent to an activating group) is 1. The van der Waals surface area contributed by atoms with Crippen molar-refractivity contribution in [3.63, 3.8) is 0 Å². The van der Waals surface area contributed by atoms with E-state index in [9.17, 15) is 12.9 Å². The highest BCUT2D eigenvalue weighted by Crippen LogP contribution is 2.10. The van der Waals surface area contributed by atoms with Gasteiger partial charge < -0.3 is 23.0 Å². The lowest BCUT2D eigenvalue weighted by Gasteiger charge is -2.28. The third-order valence-corrected chi connectivity index (χ3v) is 1.51. The van der Waals surface area contributed by atoms with Gasteiger partial charge in [-0.05, 0) is 20.4 Å². The van der Waals surface area contributed by atoms with Gasteiger partial charge in [-0.15, -0.1) is 0 Å². The molecule has 0 aliphatic rings. The summed E-state index contributed by atoms with van der Waals surface area (Å²) in [5, 5.41) is 8.50. The van der Waals surface area contributed by atoms with Crippen LogP contribution in [-0.4, -0.2) is 43.1 Å². The molecule has 0 bridgehead atoms. The van der Waals surface area contributed by atoms with Gasteiger partial charge in [0.2, 0.25) is 0 Å². The second kappa shape index (κ2) is 3.97. The van der Waals surface area contributed by atoms with Crippen LogP contribution in [0, 0.1) is 0 Å². The van der Waals surface area contributed by atoms with Crippen LogP contribution in [0.5, 0.6) is 0 Å². The summed E-state index contributed by atoms with van der Waals surface area (Å²) in [6.45, 7) is -3.47. The Morgan fingerprint density at radius 1 is 1.45 bits per heavy atom. The van der Waals surface area contributed by atoms with Crippen molar-refractivity contribution in [1.82, 2.24) is 4.90 Å². The lowest BCUT2D eigenvalue weighted by molar-refractivity contribution is 0.165. The van der Waals surface area contributed by atoms with E-state index < -0.39 is 19.5 Å². The van der Waals surface area contributed by atoms with E-state index in [1.165, 1.54) is 7.05 Å². The molecule has 0 amide bonds. The van der Waals surface area contributed by atoms with E-state index in [1.807, 2.05) is 0 Å². The Morgan fingerprint density at radius 2 is 1.91 bits per heavy atom. The van der Waals surface area contributed by atoms with Gasteiger partial charge in [-0.2, -0.15) is 0 Å². The smallest absolute Gasteiger partial charge is 0.448 e. The lowest BCUT2D eigenvalue weighted by Crippen LogP contribution is -2.41. The van der Waals surface area contributed by atoms with Crippen molar-refractivity contribution >= 4 is 6.98 Å². The molecule has 0 heterocycles. The zero-order valence-corrected chi connectivity index (χ0v) is 6.60. The molecule has 1 atom stereocenters. The van der Waals surface area contributed by atoms with Crippen molar-refractivity contribution < 1.29 is 18.1 Å². The SMILES string of the molecule is CC(CO)N(C)C[B-](F)(F)F. The highest BCUT2D eigenvalue weighted by Gasteiger charge is 2.26. The first kappa shape index (κ1) is 10.8. The van der Waals surface area contributed by atoms with Crippen molar-refractivity contribution in [2.24, 2.45) is 0 Å². The van der Waals surface area contributed by atoms with Gasteiger partial charge in [0.1, 0.15) is 0 Å². The molecule has 0 rings (SSSR count). The van der Waals surface area contributed by atoms with Gasteiger partial charge in [0.15, 0.2) is 0 Å². The van der Waals surface area contributed by atoms with Crippen LogP contribution >= 0.6 is 0 Å². The topological polar surface area (TPSA) is 23.5 Å². The van der Waals surface area contributed by atoms with E-state index in [-0.39, 0.29) is 6.61 Å². The third-order valence-electron chi connectivity index (χ3n) is 1.51. The summed E-state index contributed by atoms with van der Waals surface area (Å²) in [7, 11) is 1.34. The van der Waals surface area contributed by atoms with Crippen molar-refractivity contribution in [3.8, 4) is 0 Å². The summed E-state index contributed by atoms with van der Waals surface area (Å²) >= 11 is 0. The molecule has 1 N–H and O–H groups in total. The van der Waals surface area contributed by atoms with Gasteiger partial charge in [0, 0.05) is 6.04 Å². The first-order chi connectivity index (χ1) is 4.87. The molecule has 0 fully saturated rings. The molecule has 11 heavy (non-hydrogen) atoms. The van der Waals surface area contributed by atoms with Crippen LogP contribution < -0.4 is 0 Å². The van der Waals surface area contributed by atoms with Gasteiger partial charge in [-0.1, -0.05) is 0 Å². The molecule has 0 aliphatic carbocycles. The maximum atomic E-state index is 11.7. The molecule has 1 unspecified atom stereocenters. The van der Waals surface area contributed by atoms with Crippen molar-refractivity contribution in [3.05, 3.63) is 0 Å². The van der Waals surface area contributed by atoms with Crippen LogP contribution in [0.2, 0.25) is 0 Å². The fraction of sp³-hybridized carbons (Fsp3) is 1.00. The standard InChI is InChI=1S/C5H12BF3NO/c1-5(3-11)10(2)4-6(7,8)9/h5,11H,3-4H2,1-2H3/q-1. The molecule has 0 radical (unpaired) electrons. The Labute approximate surface area is 64.1 Å². The van der Waals surface area contributed by atoms with Gasteiger partial charge in [0.25, 0.3) is 0 Å². The molecule has 6 heteroatoms. The van der Waals surface area contributed by atoms with Crippen LogP contribution in [0.25, 0.3) is 0 Å². The van der Waals surface area contributed by atoms with Gasteiger partial charge in [-0.25, -0.2) is 0 Å². The predicted molar refractivity (Wildman–Crippen MR) is 38.3 cm³/mol. The predicted octanol–water partition coefficient (Wildman–Crippen LogP) is 0.686. The fourth-order valence-corrected chi connectivity index (χ4v) is 0.646. The van der Waals surface area contributed by atoms with Crippen molar-refractivity contribution in [1.29, 1.82) is 0 Å². The normalized spacial score (nSPS) is 15.5. The van der Waals surface area contributed by atoms with Crippen LogP contribution in [-0.2, 0) is 0 Å². The average Bonchev–Trinajstić information content (AvgIpc) is 1.82. The zero-order valence-electron chi connectivity index (χ0n) is 6.60. The molecule has 68 valence electrons. The maximum Gasteiger partial charge on any atom is 0.492 e. The zero-order chi connectivity index (χ0) is 9.07. The summed E-state index contributed by atoms with van der Waals surface area (Å²) in [5.41, 5.74) is 0. The first-order valence-electron chi connectivity index (χ1n) is 3.39. The molecule has 0 aromatic rings. The number of aliphatic hydroxyl groups excluding tert-OH is 1. The average molecular weight is 170 g/mol. The number of aliphatic hydroxyl groups is 1. The molecular weight excluding hydrogens is 158 g/mol. The lowest BCUT2D eigenvalue weighted by atomic mass is 9.91. The van der Waals surface area contributed by atoms with Gasteiger partial charge in [-0.3, -0.25) is 0 Å². The Bertz CT molecular complexity index is 119. The Balaban J connectivity index is 3.77. The minimum atomic E-state index is -4.77. The third kappa shape index (κ3) is 5.09. The second-order valence-electron chi connectivity index (χ2n) is 2.68. The molecule has 2 nitrogen and oxygen atoms in total. The fourth-order valence-electron chi connectivity index (χ4n) is 0.646. The molecule has 0 saturated heterocycles. The highest BCUT2D eigenvalue weighted by atomic mass is 19.4. The second-order valence-corrected chi connectivity index (χ2v) is 2.68. The Kier molecular flexibility index (Phi) is 3.89. The van der Waals surface area contributed by atoms with E-state index >= 15 is 0 Å². The highest BCUT2D eigenvalue weighted by molar-refractivity contribution is 6.58. The molecule has 0 aromatic carbocycles. The van der Waals surface area contributed by atoms with Gasteiger partial charge in [0.05, 0.1) is 6.61 Å². The van der Waals surface area contributed by atoms with Crippen LogP contribution in [0.3, 0.4) is 0 Å². The number of rotatable bonds is 4. The maximum absolute atomic E-state index is 11.7. The van der Waals surface area contributed by atoms with Crippen LogP contribution in [0.1, 0.15) is 6.92 Å². The minimum Gasteiger partial charge on any atom is -0.448 e. The number of hydrogen-bond acceptors (Lipinski definition) is 2. The molecule has 0 aromatic heterocycles. The molecular formula is C5H12BF3NO-. The summed E-state index contributed by atoms with van der Waals surface area (Å²) in [6.07, 6.45) is -0.915. The largest absolute Gasteiger partial charge is 0.492 e.